The van der Waals surface area contributed by atoms with E-state index in [9.17, 15) is 0 Å². The van der Waals surface area contributed by atoms with E-state index in [0.29, 0.717) is 5.41 Å². The van der Waals surface area contributed by atoms with Crippen molar-refractivity contribution in [2.75, 3.05) is 26.2 Å². The Morgan fingerprint density at radius 3 is 2.55 bits per heavy atom. The zero-order chi connectivity index (χ0) is 7.57. The molecule has 3 N–H and O–H groups in total. The quantitative estimate of drug-likeness (QED) is 0.494. The molecule has 2 aliphatic rings. The van der Waals surface area contributed by atoms with E-state index in [1.54, 1.807) is 0 Å². The van der Waals surface area contributed by atoms with Gasteiger partial charge in [0, 0.05) is 19.4 Å². The first-order chi connectivity index (χ1) is 5.41. The Morgan fingerprint density at radius 2 is 1.91 bits per heavy atom. The molecular formula is C9H19N2+. The molecule has 1 spiro atoms. The summed E-state index contributed by atoms with van der Waals surface area (Å²) in [5.41, 5.74) is 0.715. The highest BCUT2D eigenvalue weighted by molar-refractivity contribution is 4.85. The van der Waals surface area contributed by atoms with Crippen LogP contribution in [0.15, 0.2) is 0 Å². The highest BCUT2D eigenvalue weighted by Crippen LogP contribution is 2.33. The zero-order valence-electron chi connectivity index (χ0n) is 7.23. The fourth-order valence-electron chi connectivity index (χ4n) is 2.54. The first kappa shape index (κ1) is 7.56. The molecule has 2 rings (SSSR count). The van der Waals surface area contributed by atoms with E-state index < -0.39 is 0 Å². The Labute approximate surface area is 68.7 Å². The van der Waals surface area contributed by atoms with Crippen molar-refractivity contribution in [2.24, 2.45) is 5.41 Å². The third-order valence-corrected chi connectivity index (χ3v) is 3.32. The highest BCUT2D eigenvalue weighted by Gasteiger charge is 2.34. The van der Waals surface area contributed by atoms with Crippen LogP contribution in [0.2, 0.25) is 0 Å². The van der Waals surface area contributed by atoms with E-state index in [2.05, 4.69) is 10.6 Å². The molecule has 2 aliphatic heterocycles. The lowest BCUT2D eigenvalue weighted by atomic mass is 9.73. The Hall–Kier alpha value is -0.0800. The van der Waals surface area contributed by atoms with E-state index in [4.69, 9.17) is 0 Å². The van der Waals surface area contributed by atoms with Crippen LogP contribution >= 0.6 is 0 Å². The standard InChI is InChI=1S/C9H18N2/c1-2-9(8-11-5-1)3-6-10-7-4-9/h10-11H,1-8H2/p+1. The molecule has 0 aromatic heterocycles. The lowest BCUT2D eigenvalue weighted by molar-refractivity contribution is -0.668. The summed E-state index contributed by atoms with van der Waals surface area (Å²) in [4.78, 5) is 0. The van der Waals surface area contributed by atoms with E-state index in [0.717, 1.165) is 0 Å². The van der Waals surface area contributed by atoms with Crippen LogP contribution in [0, 0.1) is 5.41 Å². The summed E-state index contributed by atoms with van der Waals surface area (Å²) in [6, 6.07) is 0. The molecular weight excluding hydrogens is 136 g/mol. The van der Waals surface area contributed by atoms with Gasteiger partial charge in [-0.25, -0.2) is 0 Å². The molecule has 0 aromatic carbocycles. The van der Waals surface area contributed by atoms with Crippen LogP contribution in [-0.4, -0.2) is 26.2 Å². The molecule has 64 valence electrons. The third-order valence-electron chi connectivity index (χ3n) is 3.32. The molecule has 11 heavy (non-hydrogen) atoms. The number of hydrogen-bond donors (Lipinski definition) is 2. The van der Waals surface area contributed by atoms with Crippen LogP contribution < -0.4 is 10.6 Å². The number of piperidine rings is 2. The van der Waals surface area contributed by atoms with Gasteiger partial charge < -0.3 is 10.6 Å². The largest absolute Gasteiger partial charge is 0.346 e. The second kappa shape index (κ2) is 3.11. The molecule has 2 saturated heterocycles. The molecule has 0 bridgehead atoms. The number of quaternary nitrogens is 1. The Kier molecular flexibility index (Phi) is 2.14. The van der Waals surface area contributed by atoms with Crippen molar-refractivity contribution in [3.8, 4) is 0 Å². The summed E-state index contributed by atoms with van der Waals surface area (Å²) in [7, 11) is 0. The molecule has 0 atom stereocenters. The van der Waals surface area contributed by atoms with Gasteiger partial charge >= 0.3 is 0 Å². The fraction of sp³-hybridized carbons (Fsp3) is 1.00. The van der Waals surface area contributed by atoms with Crippen molar-refractivity contribution < 1.29 is 5.32 Å². The van der Waals surface area contributed by atoms with E-state index in [-0.39, 0.29) is 0 Å². The minimum atomic E-state index is 0.715. The van der Waals surface area contributed by atoms with Gasteiger partial charge in [0.2, 0.25) is 0 Å². The summed E-state index contributed by atoms with van der Waals surface area (Å²) in [6.45, 7) is 5.27. The monoisotopic (exact) mass is 155 g/mol. The van der Waals surface area contributed by atoms with Crippen LogP contribution in [0.1, 0.15) is 25.7 Å². The minimum Gasteiger partial charge on any atom is -0.346 e. The van der Waals surface area contributed by atoms with Gasteiger partial charge in [0.1, 0.15) is 0 Å². The first-order valence-corrected chi connectivity index (χ1v) is 4.94. The second-order valence-corrected chi connectivity index (χ2v) is 4.15. The van der Waals surface area contributed by atoms with Crippen molar-refractivity contribution in [1.82, 2.24) is 5.32 Å². The van der Waals surface area contributed by atoms with Gasteiger partial charge in [-0.1, -0.05) is 0 Å². The SMILES string of the molecule is C1CNCC2(C1)CC[NH2+]CC2. The fourth-order valence-corrected chi connectivity index (χ4v) is 2.54. The summed E-state index contributed by atoms with van der Waals surface area (Å²) in [6.07, 6.45) is 5.77. The smallest absolute Gasteiger partial charge is 0.0761 e. The maximum Gasteiger partial charge on any atom is 0.0761 e. The molecule has 0 saturated carbocycles. The molecule has 2 fully saturated rings. The Balaban J connectivity index is 1.94. The average Bonchev–Trinajstić information content (AvgIpc) is 2.07. The molecule has 0 aromatic rings. The van der Waals surface area contributed by atoms with Gasteiger partial charge in [-0.15, -0.1) is 0 Å². The maximum atomic E-state index is 3.53. The first-order valence-electron chi connectivity index (χ1n) is 4.94. The van der Waals surface area contributed by atoms with E-state index in [1.807, 2.05) is 0 Å². The van der Waals surface area contributed by atoms with Gasteiger partial charge in [-0.3, -0.25) is 0 Å². The Bertz CT molecular complexity index is 102. The van der Waals surface area contributed by atoms with Gasteiger partial charge in [-0.05, 0) is 24.8 Å². The van der Waals surface area contributed by atoms with Gasteiger partial charge in [0.15, 0.2) is 0 Å². The molecule has 2 nitrogen and oxygen atoms in total. The van der Waals surface area contributed by atoms with Crippen LogP contribution in [0.25, 0.3) is 0 Å². The highest BCUT2D eigenvalue weighted by atomic mass is 14.9. The summed E-state index contributed by atoms with van der Waals surface area (Å²) in [5.74, 6) is 0. The second-order valence-electron chi connectivity index (χ2n) is 4.15. The van der Waals surface area contributed by atoms with E-state index >= 15 is 0 Å². The molecule has 0 unspecified atom stereocenters. The molecule has 0 amide bonds. The number of hydrogen-bond acceptors (Lipinski definition) is 1. The van der Waals surface area contributed by atoms with Gasteiger partial charge in [0.25, 0.3) is 0 Å². The van der Waals surface area contributed by atoms with Crippen LogP contribution in [0.4, 0.5) is 0 Å². The lowest BCUT2D eigenvalue weighted by Gasteiger charge is -2.39. The van der Waals surface area contributed by atoms with E-state index in [1.165, 1.54) is 51.9 Å². The van der Waals surface area contributed by atoms with Gasteiger partial charge in [-0.2, -0.15) is 0 Å². The molecule has 0 aliphatic carbocycles. The summed E-state index contributed by atoms with van der Waals surface area (Å²) in [5, 5.41) is 5.99. The van der Waals surface area contributed by atoms with Crippen LogP contribution in [-0.2, 0) is 0 Å². The maximum absolute atomic E-state index is 3.53. The predicted octanol–water partition coefficient (Wildman–Crippen LogP) is -0.287. The summed E-state index contributed by atoms with van der Waals surface area (Å²) >= 11 is 0. The van der Waals surface area contributed by atoms with Crippen molar-refractivity contribution in [3.05, 3.63) is 0 Å². The summed E-state index contributed by atoms with van der Waals surface area (Å²) < 4.78 is 0. The van der Waals surface area contributed by atoms with Crippen molar-refractivity contribution in [3.63, 3.8) is 0 Å². The topological polar surface area (TPSA) is 28.6 Å². The number of nitrogens with one attached hydrogen (secondary N) is 1. The Morgan fingerprint density at radius 1 is 1.09 bits per heavy atom. The van der Waals surface area contributed by atoms with Crippen molar-refractivity contribution in [1.29, 1.82) is 0 Å². The lowest BCUT2D eigenvalue weighted by Crippen LogP contribution is -2.87. The normalized spacial score (nSPS) is 30.5. The molecule has 2 heterocycles. The molecule has 2 heteroatoms. The number of rotatable bonds is 0. The van der Waals surface area contributed by atoms with Crippen LogP contribution in [0.5, 0.6) is 0 Å². The molecule has 0 radical (unpaired) electrons. The van der Waals surface area contributed by atoms with Crippen molar-refractivity contribution >= 4 is 0 Å². The average molecular weight is 155 g/mol. The zero-order valence-corrected chi connectivity index (χ0v) is 7.23. The number of nitrogens with two attached hydrogens (primary N) is 1. The van der Waals surface area contributed by atoms with Crippen LogP contribution in [0.3, 0.4) is 0 Å². The van der Waals surface area contributed by atoms with Gasteiger partial charge in [0.05, 0.1) is 13.1 Å². The van der Waals surface area contributed by atoms with Crippen molar-refractivity contribution in [2.45, 2.75) is 25.7 Å². The predicted molar refractivity (Wildman–Crippen MR) is 45.4 cm³/mol. The minimum absolute atomic E-state index is 0.715. The third kappa shape index (κ3) is 1.57.